The van der Waals surface area contributed by atoms with E-state index in [-0.39, 0.29) is 0 Å². The first-order valence-electron chi connectivity index (χ1n) is 9.91. The molecule has 0 saturated carbocycles. The molecular formula is C23H29N3O. The Morgan fingerprint density at radius 1 is 0.889 bits per heavy atom. The lowest BCUT2D eigenvalue weighted by molar-refractivity contribution is 0.153. The Kier molecular flexibility index (Phi) is 5.46. The summed E-state index contributed by atoms with van der Waals surface area (Å²) in [6.45, 7) is 5.88. The molecule has 4 nitrogen and oxygen atoms in total. The van der Waals surface area contributed by atoms with E-state index in [1.54, 1.807) is 7.11 Å². The summed E-state index contributed by atoms with van der Waals surface area (Å²) in [7, 11) is 3.97. The molecule has 4 heteroatoms. The summed E-state index contributed by atoms with van der Waals surface area (Å²) < 4.78 is 2.00. The molecule has 0 spiro atoms. The number of aromatic nitrogens is 1. The summed E-state index contributed by atoms with van der Waals surface area (Å²) >= 11 is 0. The second-order valence-corrected chi connectivity index (χ2v) is 7.44. The number of hydrogen-bond donors (Lipinski definition) is 0. The fourth-order valence-electron chi connectivity index (χ4n) is 4.16. The standard InChI is InChI=1S/C23H29N3O/c1-24-15-17-25(18-16-24)14-8-12-21-20-11-6-7-13-22(20)26(27-2)23(21)19-9-4-3-5-10-19/h3-7,9-11,13H,8,12,14-18H2,1-2H3. The van der Waals surface area contributed by atoms with Gasteiger partial charge < -0.3 is 14.6 Å². The molecule has 4 rings (SSSR count). The molecule has 142 valence electrons. The number of benzene rings is 2. The number of piperazine rings is 1. The molecule has 1 fully saturated rings. The summed E-state index contributed by atoms with van der Waals surface area (Å²) in [5.74, 6) is 0. The summed E-state index contributed by atoms with van der Waals surface area (Å²) in [4.78, 5) is 10.8. The van der Waals surface area contributed by atoms with E-state index >= 15 is 0 Å². The lowest BCUT2D eigenvalue weighted by atomic mass is 10.0. The van der Waals surface area contributed by atoms with Crippen LogP contribution >= 0.6 is 0 Å². The predicted octanol–water partition coefficient (Wildman–Crippen LogP) is 3.55. The van der Waals surface area contributed by atoms with Crippen molar-refractivity contribution in [3.05, 3.63) is 60.2 Å². The monoisotopic (exact) mass is 363 g/mol. The minimum absolute atomic E-state index is 1.06. The van der Waals surface area contributed by atoms with E-state index in [1.165, 1.54) is 54.8 Å². The molecule has 1 aliphatic rings. The van der Waals surface area contributed by atoms with Gasteiger partial charge in [0.15, 0.2) is 0 Å². The van der Waals surface area contributed by atoms with Crippen LogP contribution in [0.2, 0.25) is 0 Å². The van der Waals surface area contributed by atoms with Crippen LogP contribution in [0, 0.1) is 0 Å². The molecule has 2 aromatic carbocycles. The third-order valence-corrected chi connectivity index (χ3v) is 5.66. The van der Waals surface area contributed by atoms with Gasteiger partial charge in [-0.25, -0.2) is 0 Å². The number of hydrogen-bond acceptors (Lipinski definition) is 3. The number of rotatable bonds is 6. The summed E-state index contributed by atoms with van der Waals surface area (Å²) in [5, 5.41) is 1.30. The number of likely N-dealkylation sites (N-methyl/N-ethyl adjacent to an activating group) is 1. The topological polar surface area (TPSA) is 20.6 Å². The fourth-order valence-corrected chi connectivity index (χ4v) is 4.16. The van der Waals surface area contributed by atoms with E-state index in [9.17, 15) is 0 Å². The fraction of sp³-hybridized carbons (Fsp3) is 0.391. The van der Waals surface area contributed by atoms with Crippen LogP contribution in [0.5, 0.6) is 0 Å². The highest BCUT2D eigenvalue weighted by Gasteiger charge is 2.19. The normalized spacial score (nSPS) is 16.1. The van der Waals surface area contributed by atoms with Crippen molar-refractivity contribution in [2.75, 3.05) is 46.9 Å². The molecular weight excluding hydrogens is 334 g/mol. The van der Waals surface area contributed by atoms with Crippen LogP contribution in [0.1, 0.15) is 12.0 Å². The lowest BCUT2D eigenvalue weighted by Crippen LogP contribution is -2.44. The van der Waals surface area contributed by atoms with Gasteiger partial charge in [-0.3, -0.25) is 0 Å². The van der Waals surface area contributed by atoms with Crippen LogP contribution in [0.15, 0.2) is 54.6 Å². The Morgan fingerprint density at radius 2 is 1.59 bits per heavy atom. The average molecular weight is 364 g/mol. The molecule has 0 aliphatic carbocycles. The maximum Gasteiger partial charge on any atom is 0.104 e. The van der Waals surface area contributed by atoms with Gasteiger partial charge >= 0.3 is 0 Å². The first-order valence-corrected chi connectivity index (χ1v) is 9.91. The molecule has 0 bridgehead atoms. The molecule has 1 saturated heterocycles. The van der Waals surface area contributed by atoms with E-state index in [2.05, 4.69) is 71.4 Å². The Labute approximate surface area is 161 Å². The molecule has 0 unspecified atom stereocenters. The van der Waals surface area contributed by atoms with E-state index in [0.717, 1.165) is 18.5 Å². The number of para-hydroxylation sites is 1. The van der Waals surface area contributed by atoms with Gasteiger partial charge in [-0.05, 0) is 38.1 Å². The number of fused-ring (bicyclic) bond motifs is 1. The SMILES string of the molecule is COn1c(-c2ccccc2)c(CCCN2CCN(C)CC2)c2ccccc21. The second-order valence-electron chi connectivity index (χ2n) is 7.44. The van der Waals surface area contributed by atoms with Crippen LogP contribution in [0.4, 0.5) is 0 Å². The highest BCUT2D eigenvalue weighted by molar-refractivity contribution is 5.91. The average Bonchev–Trinajstić information content (AvgIpc) is 3.04. The zero-order valence-corrected chi connectivity index (χ0v) is 16.4. The van der Waals surface area contributed by atoms with Gasteiger partial charge in [0.05, 0.1) is 11.2 Å². The van der Waals surface area contributed by atoms with Crippen molar-refractivity contribution in [3.8, 4) is 11.3 Å². The molecule has 27 heavy (non-hydrogen) atoms. The Hall–Kier alpha value is -2.30. The van der Waals surface area contributed by atoms with Crippen molar-refractivity contribution in [2.45, 2.75) is 12.8 Å². The van der Waals surface area contributed by atoms with Crippen molar-refractivity contribution >= 4 is 10.9 Å². The van der Waals surface area contributed by atoms with Crippen LogP contribution in [-0.4, -0.2) is 61.4 Å². The van der Waals surface area contributed by atoms with Crippen LogP contribution < -0.4 is 4.84 Å². The lowest BCUT2D eigenvalue weighted by Gasteiger charge is -2.32. The number of aryl methyl sites for hydroxylation is 1. The van der Waals surface area contributed by atoms with Gasteiger partial charge in [-0.15, -0.1) is 0 Å². The van der Waals surface area contributed by atoms with Crippen molar-refractivity contribution in [1.29, 1.82) is 0 Å². The smallest absolute Gasteiger partial charge is 0.104 e. The van der Waals surface area contributed by atoms with Crippen LogP contribution in [0.3, 0.4) is 0 Å². The quantitative estimate of drug-likeness (QED) is 0.668. The summed E-state index contributed by atoms with van der Waals surface area (Å²) in [6, 6.07) is 19.2. The van der Waals surface area contributed by atoms with Gasteiger partial charge in [0, 0.05) is 37.1 Å². The first kappa shape index (κ1) is 18.1. The highest BCUT2D eigenvalue weighted by atomic mass is 16.6. The molecule has 3 aromatic rings. The maximum absolute atomic E-state index is 5.80. The molecule has 0 amide bonds. The van der Waals surface area contributed by atoms with E-state index in [0.29, 0.717) is 0 Å². The largest absolute Gasteiger partial charge is 0.416 e. The first-order chi connectivity index (χ1) is 13.3. The molecule has 2 heterocycles. The van der Waals surface area contributed by atoms with Crippen molar-refractivity contribution in [1.82, 2.24) is 14.5 Å². The Balaban J connectivity index is 1.62. The van der Waals surface area contributed by atoms with E-state index in [4.69, 9.17) is 4.84 Å². The molecule has 0 radical (unpaired) electrons. The molecule has 1 aliphatic heterocycles. The Bertz CT molecular complexity index is 879. The molecule has 0 N–H and O–H groups in total. The van der Waals surface area contributed by atoms with Gasteiger partial charge in [-0.2, -0.15) is 4.73 Å². The minimum Gasteiger partial charge on any atom is -0.416 e. The summed E-state index contributed by atoms with van der Waals surface area (Å²) in [5.41, 5.74) is 4.95. The van der Waals surface area contributed by atoms with Gasteiger partial charge in [0.1, 0.15) is 7.11 Å². The minimum atomic E-state index is 1.06. The van der Waals surface area contributed by atoms with E-state index < -0.39 is 0 Å². The predicted molar refractivity (Wildman–Crippen MR) is 112 cm³/mol. The molecule has 1 aromatic heterocycles. The van der Waals surface area contributed by atoms with Gasteiger partial charge in [-0.1, -0.05) is 48.5 Å². The third-order valence-electron chi connectivity index (χ3n) is 5.66. The zero-order valence-electron chi connectivity index (χ0n) is 16.4. The van der Waals surface area contributed by atoms with Crippen molar-refractivity contribution in [2.24, 2.45) is 0 Å². The van der Waals surface area contributed by atoms with Crippen molar-refractivity contribution < 1.29 is 4.84 Å². The zero-order chi connectivity index (χ0) is 18.6. The van der Waals surface area contributed by atoms with Crippen LogP contribution in [0.25, 0.3) is 22.2 Å². The third kappa shape index (κ3) is 3.73. The van der Waals surface area contributed by atoms with E-state index in [1.807, 2.05) is 4.73 Å². The number of nitrogens with zero attached hydrogens (tertiary/aromatic N) is 3. The Morgan fingerprint density at radius 3 is 2.33 bits per heavy atom. The highest BCUT2D eigenvalue weighted by Crippen LogP contribution is 2.34. The van der Waals surface area contributed by atoms with Crippen molar-refractivity contribution in [3.63, 3.8) is 0 Å². The van der Waals surface area contributed by atoms with Gasteiger partial charge in [0.2, 0.25) is 0 Å². The summed E-state index contributed by atoms with van der Waals surface area (Å²) in [6.07, 6.45) is 2.23. The second kappa shape index (κ2) is 8.15. The van der Waals surface area contributed by atoms with Crippen LogP contribution in [-0.2, 0) is 6.42 Å². The molecule has 0 atom stereocenters. The maximum atomic E-state index is 5.80. The van der Waals surface area contributed by atoms with Gasteiger partial charge in [0.25, 0.3) is 0 Å².